The molecule has 0 bridgehead atoms. The molecule has 0 radical (unpaired) electrons. The van der Waals surface area contributed by atoms with Crippen molar-refractivity contribution in [3.05, 3.63) is 28.2 Å². The molecule has 1 atom stereocenters. The Morgan fingerprint density at radius 1 is 1.45 bits per heavy atom. The zero-order valence-corrected chi connectivity index (χ0v) is 13.5. The van der Waals surface area contributed by atoms with Crippen molar-refractivity contribution >= 4 is 21.8 Å². The lowest BCUT2D eigenvalue weighted by Gasteiger charge is -2.36. The van der Waals surface area contributed by atoms with E-state index in [1.54, 1.807) is 13.0 Å². The Balaban J connectivity index is 1.99. The summed E-state index contributed by atoms with van der Waals surface area (Å²) in [6.45, 7) is 5.53. The van der Waals surface area contributed by atoms with Gasteiger partial charge in [0.1, 0.15) is 5.75 Å². The number of phenols is 1. The molecule has 1 saturated heterocycles. The lowest BCUT2D eigenvalue weighted by molar-refractivity contribution is -0.120. The zero-order chi connectivity index (χ0) is 14.7. The number of benzene rings is 1. The number of piperidine rings is 1. The van der Waals surface area contributed by atoms with E-state index in [0.717, 1.165) is 36.0 Å². The summed E-state index contributed by atoms with van der Waals surface area (Å²) >= 11 is 3.45. The van der Waals surface area contributed by atoms with Gasteiger partial charge in [-0.1, -0.05) is 15.9 Å². The van der Waals surface area contributed by atoms with Gasteiger partial charge in [-0.25, -0.2) is 0 Å². The molecule has 1 aliphatic rings. The topological polar surface area (TPSA) is 52.6 Å². The van der Waals surface area contributed by atoms with Crippen molar-refractivity contribution < 1.29 is 9.90 Å². The number of nitrogens with zero attached hydrogens (tertiary/aromatic N) is 1. The van der Waals surface area contributed by atoms with Gasteiger partial charge in [0.05, 0.1) is 0 Å². The van der Waals surface area contributed by atoms with Crippen LogP contribution in [0.3, 0.4) is 0 Å². The van der Waals surface area contributed by atoms with Crippen molar-refractivity contribution in [3.8, 4) is 5.75 Å². The van der Waals surface area contributed by atoms with Crippen molar-refractivity contribution in [2.45, 2.75) is 38.8 Å². The molecular weight excluding hydrogens is 320 g/mol. The smallest absolute Gasteiger partial charge is 0.217 e. The molecule has 1 fully saturated rings. The van der Waals surface area contributed by atoms with Crippen molar-refractivity contribution in [2.24, 2.45) is 0 Å². The fraction of sp³-hybridized carbons (Fsp3) is 0.533. The summed E-state index contributed by atoms with van der Waals surface area (Å²) < 4.78 is 0.977. The Morgan fingerprint density at radius 2 is 2.10 bits per heavy atom. The van der Waals surface area contributed by atoms with Gasteiger partial charge >= 0.3 is 0 Å². The quantitative estimate of drug-likeness (QED) is 0.889. The maximum Gasteiger partial charge on any atom is 0.217 e. The summed E-state index contributed by atoms with van der Waals surface area (Å²) in [6, 6.07) is 5.99. The van der Waals surface area contributed by atoms with E-state index >= 15 is 0 Å². The predicted octanol–water partition coefficient (Wildman–Crippen LogP) is 2.82. The minimum atomic E-state index is 0.0427. The van der Waals surface area contributed by atoms with Gasteiger partial charge in [0.25, 0.3) is 0 Å². The van der Waals surface area contributed by atoms with E-state index in [1.807, 2.05) is 12.1 Å². The molecule has 5 heteroatoms. The number of phenolic OH excluding ortho intramolecular Hbond substituents is 1. The van der Waals surface area contributed by atoms with Crippen molar-refractivity contribution in [1.29, 1.82) is 0 Å². The summed E-state index contributed by atoms with van der Waals surface area (Å²) in [5.74, 6) is 0.380. The summed E-state index contributed by atoms with van der Waals surface area (Å²) in [7, 11) is 0. The molecule has 1 aromatic carbocycles. The summed E-state index contributed by atoms with van der Waals surface area (Å²) in [6.07, 6.45) is 1.91. The van der Waals surface area contributed by atoms with Gasteiger partial charge in [0.2, 0.25) is 5.91 Å². The number of halogens is 1. The normalized spacial score (nSPS) is 18.8. The number of hydrogen-bond donors (Lipinski definition) is 2. The molecule has 20 heavy (non-hydrogen) atoms. The summed E-state index contributed by atoms with van der Waals surface area (Å²) in [5.41, 5.74) is 0.942. The number of likely N-dealkylation sites (tertiary alicyclic amines) is 1. The van der Waals surface area contributed by atoms with Crippen LogP contribution in [-0.4, -0.2) is 35.0 Å². The maximum absolute atomic E-state index is 11.1. The van der Waals surface area contributed by atoms with Crippen LogP contribution in [0.5, 0.6) is 5.75 Å². The lowest BCUT2D eigenvalue weighted by atomic mass is 9.99. The van der Waals surface area contributed by atoms with Crippen LogP contribution >= 0.6 is 15.9 Å². The highest BCUT2D eigenvalue weighted by molar-refractivity contribution is 9.10. The molecule has 1 unspecified atom stereocenters. The first-order valence-electron chi connectivity index (χ1n) is 6.97. The molecule has 0 aromatic heterocycles. The molecule has 1 aromatic rings. The number of hydrogen-bond acceptors (Lipinski definition) is 3. The molecule has 110 valence electrons. The Labute approximate surface area is 128 Å². The average Bonchev–Trinajstić information content (AvgIpc) is 2.41. The fourth-order valence-electron chi connectivity index (χ4n) is 2.78. The average molecular weight is 341 g/mol. The predicted molar refractivity (Wildman–Crippen MR) is 82.6 cm³/mol. The van der Waals surface area contributed by atoms with Gasteiger partial charge in [-0.05, 0) is 38.0 Å². The van der Waals surface area contributed by atoms with Crippen molar-refractivity contribution in [2.75, 3.05) is 13.1 Å². The first-order chi connectivity index (χ1) is 9.47. The monoisotopic (exact) mass is 340 g/mol. The van der Waals surface area contributed by atoms with E-state index < -0.39 is 0 Å². The minimum Gasteiger partial charge on any atom is -0.508 e. The first kappa shape index (κ1) is 15.3. The second-order valence-corrected chi connectivity index (χ2v) is 6.31. The summed E-state index contributed by atoms with van der Waals surface area (Å²) in [4.78, 5) is 13.4. The molecule has 4 nitrogen and oxygen atoms in total. The number of rotatable bonds is 3. The molecule has 1 amide bonds. The van der Waals surface area contributed by atoms with Crippen LogP contribution < -0.4 is 5.32 Å². The van der Waals surface area contributed by atoms with E-state index in [2.05, 4.69) is 33.1 Å². The van der Waals surface area contributed by atoms with Gasteiger partial charge in [0, 0.05) is 42.1 Å². The van der Waals surface area contributed by atoms with E-state index in [4.69, 9.17) is 0 Å². The van der Waals surface area contributed by atoms with E-state index in [9.17, 15) is 9.90 Å². The Hall–Kier alpha value is -1.07. The summed E-state index contributed by atoms with van der Waals surface area (Å²) in [5, 5.41) is 13.0. The van der Waals surface area contributed by atoms with Crippen LogP contribution in [0.1, 0.15) is 38.3 Å². The van der Waals surface area contributed by atoms with Crippen molar-refractivity contribution in [1.82, 2.24) is 10.2 Å². The number of nitrogens with one attached hydrogen (secondary N) is 1. The number of amides is 1. The Kier molecular flexibility index (Phi) is 5.05. The van der Waals surface area contributed by atoms with Crippen molar-refractivity contribution in [3.63, 3.8) is 0 Å². The number of aromatic hydroxyl groups is 1. The Morgan fingerprint density at radius 3 is 2.70 bits per heavy atom. The third kappa shape index (κ3) is 3.73. The van der Waals surface area contributed by atoms with Gasteiger partial charge in [-0.15, -0.1) is 0 Å². The van der Waals surface area contributed by atoms with E-state index in [0.29, 0.717) is 5.75 Å². The van der Waals surface area contributed by atoms with Gasteiger partial charge in [0.15, 0.2) is 0 Å². The molecule has 2 rings (SSSR count). The van der Waals surface area contributed by atoms with Crippen LogP contribution in [0.25, 0.3) is 0 Å². The number of carbonyl (C=O) groups excluding carboxylic acids is 1. The lowest BCUT2D eigenvalue weighted by Crippen LogP contribution is -2.44. The van der Waals surface area contributed by atoms with E-state index in [-0.39, 0.29) is 18.0 Å². The largest absolute Gasteiger partial charge is 0.508 e. The molecule has 0 aliphatic carbocycles. The zero-order valence-electron chi connectivity index (χ0n) is 11.9. The second-order valence-electron chi connectivity index (χ2n) is 5.39. The highest BCUT2D eigenvalue weighted by Crippen LogP contribution is 2.32. The van der Waals surface area contributed by atoms with E-state index in [1.165, 1.54) is 0 Å². The SMILES string of the molecule is CC(=O)NC1CCN(C(C)c2cc(Br)ccc2O)CC1. The van der Waals surface area contributed by atoms with Gasteiger partial charge in [-0.3, -0.25) is 9.69 Å². The van der Waals surface area contributed by atoms with Gasteiger partial charge < -0.3 is 10.4 Å². The second kappa shape index (κ2) is 6.59. The molecule has 2 N–H and O–H groups in total. The molecule has 0 spiro atoms. The van der Waals surface area contributed by atoms with Crippen LogP contribution in [0.15, 0.2) is 22.7 Å². The highest BCUT2D eigenvalue weighted by atomic mass is 79.9. The van der Waals surface area contributed by atoms with Crippen LogP contribution in [0.4, 0.5) is 0 Å². The fourth-order valence-corrected chi connectivity index (χ4v) is 3.15. The highest BCUT2D eigenvalue weighted by Gasteiger charge is 2.25. The maximum atomic E-state index is 11.1. The standard InChI is InChI=1S/C15H21BrN2O2/c1-10(14-9-12(16)3-4-15(14)20)18-7-5-13(6-8-18)17-11(2)19/h3-4,9-10,13,20H,5-8H2,1-2H3,(H,17,19). The third-order valence-electron chi connectivity index (χ3n) is 3.92. The molecule has 1 aliphatic heterocycles. The van der Waals surface area contributed by atoms with Gasteiger partial charge in [-0.2, -0.15) is 0 Å². The first-order valence-corrected chi connectivity index (χ1v) is 7.76. The Bertz CT molecular complexity index is 485. The molecule has 0 saturated carbocycles. The molecular formula is C15H21BrN2O2. The molecule has 1 heterocycles. The minimum absolute atomic E-state index is 0.0427. The number of carbonyl (C=O) groups is 1. The third-order valence-corrected chi connectivity index (χ3v) is 4.42. The van der Waals surface area contributed by atoms with Crippen LogP contribution in [0, 0.1) is 0 Å². The van der Waals surface area contributed by atoms with Crippen LogP contribution in [0.2, 0.25) is 0 Å². The van der Waals surface area contributed by atoms with Crippen LogP contribution in [-0.2, 0) is 4.79 Å².